The number of carbonyl (C=O) groups excluding carboxylic acids is 1. The van der Waals surface area contributed by atoms with Crippen LogP contribution in [0.1, 0.15) is 17.0 Å². The standard InChI is InChI=1S/C16H20N2O5S2/c1-11-15(12(2)23-17-11)25(20,21)18-14(16(19)22-3)10-24-9-13-7-5-4-6-8-13/h4-8,14,18H,9-10H2,1-3H3. The fourth-order valence-corrected chi connectivity index (χ4v) is 4.89. The quantitative estimate of drug-likeness (QED) is 0.695. The number of methoxy groups -OCH3 is 1. The molecule has 0 saturated carbocycles. The summed E-state index contributed by atoms with van der Waals surface area (Å²) in [6.07, 6.45) is 0. The topological polar surface area (TPSA) is 98.5 Å². The zero-order valence-corrected chi connectivity index (χ0v) is 15.8. The minimum absolute atomic E-state index is 0.0468. The Kier molecular flexibility index (Phi) is 6.63. The molecular formula is C16H20N2O5S2. The molecule has 1 N–H and O–H groups in total. The number of hydrogen-bond donors (Lipinski definition) is 1. The first-order valence-corrected chi connectivity index (χ1v) is 10.1. The number of benzene rings is 1. The third-order valence-electron chi connectivity index (χ3n) is 3.42. The Morgan fingerprint density at radius 2 is 2.00 bits per heavy atom. The molecule has 1 heterocycles. The van der Waals surface area contributed by atoms with Gasteiger partial charge in [-0.25, -0.2) is 8.42 Å². The van der Waals surface area contributed by atoms with Crippen LogP contribution >= 0.6 is 11.8 Å². The Morgan fingerprint density at radius 1 is 1.32 bits per heavy atom. The number of nitrogens with one attached hydrogen (secondary N) is 1. The first kappa shape index (κ1) is 19.5. The van der Waals surface area contributed by atoms with Crippen LogP contribution in [-0.2, 0) is 25.3 Å². The number of aromatic nitrogens is 1. The number of carbonyl (C=O) groups is 1. The van der Waals surface area contributed by atoms with Gasteiger partial charge in [0.15, 0.2) is 5.76 Å². The maximum Gasteiger partial charge on any atom is 0.324 e. The van der Waals surface area contributed by atoms with Crippen molar-refractivity contribution in [2.75, 3.05) is 12.9 Å². The van der Waals surface area contributed by atoms with Gasteiger partial charge in [-0.05, 0) is 19.4 Å². The summed E-state index contributed by atoms with van der Waals surface area (Å²) < 4.78 is 37.2. The fourth-order valence-electron chi connectivity index (χ4n) is 2.27. The molecule has 0 fully saturated rings. The van der Waals surface area contributed by atoms with Gasteiger partial charge in [0.05, 0.1) is 7.11 Å². The van der Waals surface area contributed by atoms with Crippen LogP contribution in [0.15, 0.2) is 39.8 Å². The van der Waals surface area contributed by atoms with Crippen molar-refractivity contribution < 1.29 is 22.5 Å². The highest BCUT2D eigenvalue weighted by molar-refractivity contribution is 7.98. The lowest BCUT2D eigenvalue weighted by Gasteiger charge is -2.16. The normalized spacial score (nSPS) is 12.8. The van der Waals surface area contributed by atoms with Crippen LogP contribution in [0.2, 0.25) is 0 Å². The SMILES string of the molecule is COC(=O)C(CSCc1ccccc1)NS(=O)(=O)c1c(C)noc1C. The van der Waals surface area contributed by atoms with Crippen LogP contribution in [0.25, 0.3) is 0 Å². The Hall–Kier alpha value is -1.84. The van der Waals surface area contributed by atoms with E-state index in [2.05, 4.69) is 9.88 Å². The average Bonchev–Trinajstić information content (AvgIpc) is 2.93. The summed E-state index contributed by atoms with van der Waals surface area (Å²) in [7, 11) is -2.72. The fraction of sp³-hybridized carbons (Fsp3) is 0.375. The molecular weight excluding hydrogens is 364 g/mol. The molecule has 0 bridgehead atoms. The third kappa shape index (κ3) is 5.07. The molecule has 1 aromatic carbocycles. The van der Waals surface area contributed by atoms with Gasteiger partial charge < -0.3 is 9.26 Å². The highest BCUT2D eigenvalue weighted by Gasteiger charge is 2.30. The molecule has 0 aliphatic carbocycles. The van der Waals surface area contributed by atoms with Crippen LogP contribution < -0.4 is 4.72 Å². The van der Waals surface area contributed by atoms with Gasteiger partial charge in [-0.1, -0.05) is 35.5 Å². The summed E-state index contributed by atoms with van der Waals surface area (Å²) in [5.74, 6) is 0.424. The lowest BCUT2D eigenvalue weighted by Crippen LogP contribution is -2.43. The van der Waals surface area contributed by atoms with Gasteiger partial charge in [-0.2, -0.15) is 16.5 Å². The highest BCUT2D eigenvalue weighted by atomic mass is 32.2. The first-order chi connectivity index (χ1) is 11.8. The van der Waals surface area contributed by atoms with Crippen molar-refractivity contribution in [2.24, 2.45) is 0 Å². The molecule has 1 aromatic heterocycles. The van der Waals surface area contributed by atoms with Crippen molar-refractivity contribution in [1.29, 1.82) is 0 Å². The number of esters is 1. The van der Waals surface area contributed by atoms with E-state index in [1.165, 1.54) is 32.7 Å². The van der Waals surface area contributed by atoms with Crippen LogP contribution in [0, 0.1) is 13.8 Å². The molecule has 2 rings (SSSR count). The van der Waals surface area contributed by atoms with E-state index in [0.717, 1.165) is 5.56 Å². The first-order valence-electron chi connectivity index (χ1n) is 7.50. The summed E-state index contributed by atoms with van der Waals surface area (Å²) in [5, 5.41) is 3.64. The minimum Gasteiger partial charge on any atom is -0.468 e. The van der Waals surface area contributed by atoms with E-state index in [4.69, 9.17) is 9.26 Å². The molecule has 0 saturated heterocycles. The largest absolute Gasteiger partial charge is 0.468 e. The molecule has 0 aliphatic rings. The lowest BCUT2D eigenvalue weighted by molar-refractivity contribution is -0.141. The molecule has 9 heteroatoms. The van der Waals surface area contributed by atoms with Crippen LogP contribution in [0.3, 0.4) is 0 Å². The predicted octanol–water partition coefficient (Wildman–Crippen LogP) is 2.04. The lowest BCUT2D eigenvalue weighted by atomic mass is 10.2. The smallest absolute Gasteiger partial charge is 0.324 e. The zero-order valence-electron chi connectivity index (χ0n) is 14.2. The van der Waals surface area contributed by atoms with Gasteiger partial charge in [0.1, 0.15) is 16.6 Å². The van der Waals surface area contributed by atoms with E-state index in [0.29, 0.717) is 5.75 Å². The molecule has 0 radical (unpaired) electrons. The van der Waals surface area contributed by atoms with Crippen molar-refractivity contribution in [1.82, 2.24) is 9.88 Å². The molecule has 1 unspecified atom stereocenters. The average molecular weight is 384 g/mol. The van der Waals surface area contributed by atoms with Gasteiger partial charge in [0, 0.05) is 11.5 Å². The third-order valence-corrected chi connectivity index (χ3v) is 6.24. The number of rotatable bonds is 8. The van der Waals surface area contributed by atoms with Crippen molar-refractivity contribution >= 4 is 27.8 Å². The molecule has 7 nitrogen and oxygen atoms in total. The Bertz CT molecular complexity index is 799. The van der Waals surface area contributed by atoms with E-state index in [9.17, 15) is 13.2 Å². The monoisotopic (exact) mass is 384 g/mol. The van der Waals surface area contributed by atoms with Gasteiger partial charge >= 0.3 is 5.97 Å². The second kappa shape index (κ2) is 8.50. The Balaban J connectivity index is 2.08. The van der Waals surface area contributed by atoms with Gasteiger partial charge in [0.25, 0.3) is 0 Å². The van der Waals surface area contributed by atoms with E-state index in [1.54, 1.807) is 0 Å². The van der Waals surface area contributed by atoms with E-state index < -0.39 is 22.0 Å². The molecule has 2 aromatic rings. The van der Waals surface area contributed by atoms with Crippen molar-refractivity contribution in [3.05, 3.63) is 47.3 Å². The Morgan fingerprint density at radius 3 is 2.56 bits per heavy atom. The summed E-state index contributed by atoms with van der Waals surface area (Å²) in [6.45, 7) is 3.04. The molecule has 0 amide bonds. The number of thioether (sulfide) groups is 1. The molecule has 0 spiro atoms. The second-order valence-electron chi connectivity index (χ2n) is 5.35. The number of sulfonamides is 1. The summed E-state index contributed by atoms with van der Waals surface area (Å²) in [6, 6.07) is 8.70. The number of nitrogens with zero attached hydrogens (tertiary/aromatic N) is 1. The van der Waals surface area contributed by atoms with Crippen LogP contribution in [0.5, 0.6) is 0 Å². The van der Waals surface area contributed by atoms with Gasteiger partial charge in [-0.3, -0.25) is 4.79 Å². The summed E-state index contributed by atoms with van der Waals surface area (Å²) in [5.41, 5.74) is 1.33. The van der Waals surface area contributed by atoms with Gasteiger partial charge in [-0.15, -0.1) is 0 Å². The number of ether oxygens (including phenoxy) is 1. The van der Waals surface area contributed by atoms with Crippen molar-refractivity contribution in [3.8, 4) is 0 Å². The molecule has 0 aliphatic heterocycles. The maximum absolute atomic E-state index is 12.6. The van der Waals surface area contributed by atoms with Gasteiger partial charge in [0.2, 0.25) is 10.0 Å². The number of aryl methyl sites for hydroxylation is 2. The van der Waals surface area contributed by atoms with Crippen LogP contribution in [0.4, 0.5) is 0 Å². The van der Waals surface area contributed by atoms with E-state index >= 15 is 0 Å². The van der Waals surface area contributed by atoms with Crippen molar-refractivity contribution in [3.63, 3.8) is 0 Å². The molecule has 1 atom stereocenters. The van der Waals surface area contributed by atoms with E-state index in [-0.39, 0.29) is 22.1 Å². The summed E-state index contributed by atoms with van der Waals surface area (Å²) >= 11 is 1.44. The maximum atomic E-state index is 12.6. The molecule has 136 valence electrons. The molecule has 25 heavy (non-hydrogen) atoms. The zero-order chi connectivity index (χ0) is 18.4. The van der Waals surface area contributed by atoms with Crippen molar-refractivity contribution in [2.45, 2.75) is 30.5 Å². The predicted molar refractivity (Wildman–Crippen MR) is 94.7 cm³/mol. The summed E-state index contributed by atoms with van der Waals surface area (Å²) in [4.78, 5) is 11.9. The minimum atomic E-state index is -3.95. The number of hydrogen-bond acceptors (Lipinski definition) is 7. The second-order valence-corrected chi connectivity index (χ2v) is 8.03. The van der Waals surface area contributed by atoms with Crippen LogP contribution in [-0.4, -0.2) is 38.4 Å². The highest BCUT2D eigenvalue weighted by Crippen LogP contribution is 2.20. The van der Waals surface area contributed by atoms with E-state index in [1.807, 2.05) is 30.3 Å². The Labute approximate surface area is 151 Å².